The Balaban J connectivity index is 2.25. The van der Waals surface area contributed by atoms with Crippen LogP contribution in [-0.2, 0) is 4.79 Å². The van der Waals surface area contributed by atoms with Gasteiger partial charge in [0.15, 0.2) is 5.78 Å². The van der Waals surface area contributed by atoms with Gasteiger partial charge in [0.25, 0.3) is 0 Å². The molecule has 92 valence electrons. The second-order valence-corrected chi connectivity index (χ2v) is 4.80. The number of unbranched alkanes of at least 4 members (excludes halogenated alkanes) is 2. The Bertz CT molecular complexity index is 384. The van der Waals surface area contributed by atoms with Crippen LogP contribution >= 0.6 is 15.9 Å². The number of Topliss-reactive ketones (excluding diaryl/α,β-unsaturated/α-hetero) is 1. The van der Waals surface area contributed by atoms with Gasteiger partial charge in [-0.2, -0.15) is 0 Å². The highest BCUT2D eigenvalue weighted by Gasteiger charge is 2.05. The van der Waals surface area contributed by atoms with Gasteiger partial charge >= 0.3 is 5.97 Å². The minimum Gasteiger partial charge on any atom is -0.481 e. The zero-order chi connectivity index (χ0) is 12.7. The van der Waals surface area contributed by atoms with Crippen molar-refractivity contribution in [1.82, 2.24) is 0 Å². The highest BCUT2D eigenvalue weighted by molar-refractivity contribution is 9.10. The summed E-state index contributed by atoms with van der Waals surface area (Å²) in [6.07, 6.45) is 2.85. The topological polar surface area (TPSA) is 54.4 Å². The maximum Gasteiger partial charge on any atom is 0.303 e. The largest absolute Gasteiger partial charge is 0.481 e. The first-order chi connectivity index (χ1) is 8.09. The number of halogens is 1. The van der Waals surface area contributed by atoms with Crippen LogP contribution in [0.1, 0.15) is 42.5 Å². The highest BCUT2D eigenvalue weighted by Crippen LogP contribution is 2.13. The van der Waals surface area contributed by atoms with Gasteiger partial charge in [-0.15, -0.1) is 0 Å². The number of aliphatic carboxylic acids is 1. The molecule has 0 bridgehead atoms. The van der Waals surface area contributed by atoms with E-state index in [0.29, 0.717) is 18.4 Å². The molecule has 0 saturated heterocycles. The summed E-state index contributed by atoms with van der Waals surface area (Å²) in [5, 5.41) is 8.45. The zero-order valence-corrected chi connectivity index (χ0v) is 11.1. The Hall–Kier alpha value is -1.16. The minimum atomic E-state index is -0.774. The van der Waals surface area contributed by atoms with E-state index in [1.54, 1.807) is 12.1 Å². The number of hydrogen-bond donors (Lipinski definition) is 1. The van der Waals surface area contributed by atoms with Gasteiger partial charge in [-0.05, 0) is 25.0 Å². The number of carbonyl (C=O) groups excluding carboxylic acids is 1. The average molecular weight is 299 g/mol. The Morgan fingerprint density at radius 3 is 2.18 bits per heavy atom. The number of hydrogen-bond acceptors (Lipinski definition) is 2. The van der Waals surface area contributed by atoms with E-state index >= 15 is 0 Å². The quantitative estimate of drug-likeness (QED) is 0.617. The molecule has 0 aliphatic carbocycles. The highest BCUT2D eigenvalue weighted by atomic mass is 79.9. The Morgan fingerprint density at radius 1 is 1.00 bits per heavy atom. The third kappa shape index (κ3) is 5.63. The second-order valence-electron chi connectivity index (χ2n) is 3.88. The Morgan fingerprint density at radius 2 is 1.59 bits per heavy atom. The normalized spacial score (nSPS) is 10.2. The van der Waals surface area contributed by atoms with Crippen molar-refractivity contribution < 1.29 is 14.7 Å². The van der Waals surface area contributed by atoms with Crippen molar-refractivity contribution in [3.05, 3.63) is 34.3 Å². The first kappa shape index (κ1) is 13.9. The molecule has 1 N–H and O–H groups in total. The molecule has 4 heteroatoms. The fourth-order valence-electron chi connectivity index (χ4n) is 1.52. The van der Waals surface area contributed by atoms with E-state index in [2.05, 4.69) is 15.9 Å². The van der Waals surface area contributed by atoms with Crippen LogP contribution in [0.15, 0.2) is 28.7 Å². The lowest BCUT2D eigenvalue weighted by molar-refractivity contribution is -0.137. The first-order valence-electron chi connectivity index (χ1n) is 5.60. The molecule has 0 aromatic heterocycles. The lowest BCUT2D eigenvalue weighted by atomic mass is 10.0. The van der Waals surface area contributed by atoms with Crippen LogP contribution < -0.4 is 0 Å². The van der Waals surface area contributed by atoms with Gasteiger partial charge < -0.3 is 5.11 Å². The maximum atomic E-state index is 11.7. The molecular formula is C13H15BrO3. The molecule has 0 amide bonds. The van der Waals surface area contributed by atoms with E-state index in [1.807, 2.05) is 12.1 Å². The molecule has 1 rings (SSSR count). The summed E-state index contributed by atoms with van der Waals surface area (Å²) in [6, 6.07) is 7.28. The molecule has 0 spiro atoms. The summed E-state index contributed by atoms with van der Waals surface area (Å²) in [6.45, 7) is 0. The summed E-state index contributed by atoms with van der Waals surface area (Å²) in [5.74, 6) is -0.655. The summed E-state index contributed by atoms with van der Waals surface area (Å²) in [7, 11) is 0. The van der Waals surface area contributed by atoms with Crippen LogP contribution in [0.5, 0.6) is 0 Å². The summed E-state index contributed by atoms with van der Waals surface area (Å²) in [5.41, 5.74) is 0.714. The van der Waals surface area contributed by atoms with Crippen LogP contribution in [0.4, 0.5) is 0 Å². The SMILES string of the molecule is O=C(O)CCCCCC(=O)c1ccc(Br)cc1. The zero-order valence-electron chi connectivity index (χ0n) is 9.49. The molecule has 0 unspecified atom stereocenters. The second kappa shape index (κ2) is 7.22. The van der Waals surface area contributed by atoms with Crippen LogP contribution in [-0.4, -0.2) is 16.9 Å². The van der Waals surface area contributed by atoms with Crippen LogP contribution in [0.25, 0.3) is 0 Å². The third-order valence-electron chi connectivity index (χ3n) is 2.46. The fraction of sp³-hybridized carbons (Fsp3) is 0.385. The first-order valence-corrected chi connectivity index (χ1v) is 6.39. The monoisotopic (exact) mass is 298 g/mol. The van der Waals surface area contributed by atoms with E-state index in [0.717, 1.165) is 17.3 Å². The molecule has 1 aromatic rings. The van der Waals surface area contributed by atoms with Gasteiger partial charge in [-0.1, -0.05) is 34.5 Å². The lowest BCUT2D eigenvalue weighted by Crippen LogP contribution is -1.99. The summed E-state index contributed by atoms with van der Waals surface area (Å²) >= 11 is 3.31. The predicted molar refractivity (Wildman–Crippen MR) is 69.2 cm³/mol. The van der Waals surface area contributed by atoms with E-state index in [-0.39, 0.29) is 12.2 Å². The minimum absolute atomic E-state index is 0.118. The molecular weight excluding hydrogens is 284 g/mol. The van der Waals surface area contributed by atoms with Crippen molar-refractivity contribution in [3.63, 3.8) is 0 Å². The van der Waals surface area contributed by atoms with E-state index in [9.17, 15) is 9.59 Å². The summed E-state index contributed by atoms with van der Waals surface area (Å²) < 4.78 is 0.954. The van der Waals surface area contributed by atoms with Crippen LogP contribution in [0.3, 0.4) is 0 Å². The standard InChI is InChI=1S/C13H15BrO3/c14-11-8-6-10(7-9-11)12(15)4-2-1-3-5-13(16)17/h6-9H,1-5H2,(H,16,17). The van der Waals surface area contributed by atoms with Crippen LogP contribution in [0.2, 0.25) is 0 Å². The molecule has 3 nitrogen and oxygen atoms in total. The number of benzene rings is 1. The Labute approximate surface area is 109 Å². The number of rotatable bonds is 7. The number of carbonyl (C=O) groups is 2. The molecule has 0 radical (unpaired) electrons. The van der Waals surface area contributed by atoms with Gasteiger partial charge in [-0.25, -0.2) is 0 Å². The van der Waals surface area contributed by atoms with Crippen molar-refractivity contribution in [2.75, 3.05) is 0 Å². The van der Waals surface area contributed by atoms with Gasteiger partial charge in [0, 0.05) is 22.9 Å². The van der Waals surface area contributed by atoms with E-state index < -0.39 is 5.97 Å². The molecule has 0 saturated carbocycles. The van der Waals surface area contributed by atoms with Crippen molar-refractivity contribution in [1.29, 1.82) is 0 Å². The van der Waals surface area contributed by atoms with E-state index in [1.165, 1.54) is 0 Å². The fourth-order valence-corrected chi connectivity index (χ4v) is 1.78. The summed E-state index contributed by atoms with van der Waals surface area (Å²) in [4.78, 5) is 22.0. The Kier molecular flexibility index (Phi) is 5.91. The average Bonchev–Trinajstić information content (AvgIpc) is 2.29. The van der Waals surface area contributed by atoms with Crippen LogP contribution in [0, 0.1) is 0 Å². The smallest absolute Gasteiger partial charge is 0.303 e. The molecule has 0 atom stereocenters. The predicted octanol–water partition coefficient (Wildman–Crippen LogP) is 3.67. The van der Waals surface area contributed by atoms with Gasteiger partial charge in [0.2, 0.25) is 0 Å². The molecule has 17 heavy (non-hydrogen) atoms. The molecule has 0 aliphatic rings. The molecule has 0 aliphatic heterocycles. The van der Waals surface area contributed by atoms with Crippen molar-refractivity contribution in [2.24, 2.45) is 0 Å². The van der Waals surface area contributed by atoms with Gasteiger partial charge in [-0.3, -0.25) is 9.59 Å². The maximum absolute atomic E-state index is 11.7. The number of carboxylic acids is 1. The number of ketones is 1. The number of carboxylic acid groups (broad SMARTS) is 1. The molecule has 0 heterocycles. The van der Waals surface area contributed by atoms with Crippen molar-refractivity contribution >= 4 is 27.7 Å². The van der Waals surface area contributed by atoms with Crippen molar-refractivity contribution in [3.8, 4) is 0 Å². The lowest BCUT2D eigenvalue weighted by Gasteiger charge is -2.01. The van der Waals surface area contributed by atoms with Gasteiger partial charge in [0.05, 0.1) is 0 Å². The van der Waals surface area contributed by atoms with Gasteiger partial charge in [0.1, 0.15) is 0 Å². The van der Waals surface area contributed by atoms with E-state index in [4.69, 9.17) is 5.11 Å². The molecule has 1 aromatic carbocycles. The third-order valence-corrected chi connectivity index (χ3v) is 2.99. The van der Waals surface area contributed by atoms with Crippen molar-refractivity contribution in [2.45, 2.75) is 32.1 Å². The molecule has 0 fully saturated rings.